The van der Waals surface area contributed by atoms with Crippen molar-refractivity contribution < 1.29 is 0 Å². The van der Waals surface area contributed by atoms with Crippen molar-refractivity contribution in [1.29, 1.82) is 0 Å². The van der Waals surface area contributed by atoms with E-state index in [0.717, 1.165) is 0 Å². The molecule has 74 valence electrons. The average molecular weight is 198 g/mol. The largest absolute Gasteiger partial charge is 0.392 e. The second-order valence-corrected chi connectivity index (χ2v) is 5.12. The third-order valence-electron chi connectivity index (χ3n) is 3.84. The lowest BCUT2D eigenvalue weighted by Gasteiger charge is -2.38. The molecule has 0 radical (unpaired) electrons. The van der Waals surface area contributed by atoms with Crippen molar-refractivity contribution in [3.63, 3.8) is 0 Å². The van der Waals surface area contributed by atoms with Gasteiger partial charge in [0.25, 0.3) is 0 Å². The highest BCUT2D eigenvalue weighted by Crippen LogP contribution is 2.48. The number of hydrogen-bond acceptors (Lipinski definition) is 2. The van der Waals surface area contributed by atoms with Crippen LogP contribution in [-0.4, -0.2) is 29.0 Å². The van der Waals surface area contributed by atoms with Crippen LogP contribution in [0.5, 0.6) is 0 Å². The number of likely N-dealkylation sites (tertiary alicyclic amines) is 1. The molecule has 13 heavy (non-hydrogen) atoms. The summed E-state index contributed by atoms with van der Waals surface area (Å²) in [6, 6.07) is 0.301. The molecule has 1 saturated carbocycles. The van der Waals surface area contributed by atoms with E-state index >= 15 is 0 Å². The summed E-state index contributed by atoms with van der Waals surface area (Å²) in [5.41, 5.74) is 6.32. The van der Waals surface area contributed by atoms with Crippen LogP contribution in [0.4, 0.5) is 0 Å². The summed E-state index contributed by atoms with van der Waals surface area (Å²) in [7, 11) is 0. The number of rotatable bonds is 2. The summed E-state index contributed by atoms with van der Waals surface area (Å²) in [5, 5.41) is 0. The van der Waals surface area contributed by atoms with E-state index in [1.165, 1.54) is 38.8 Å². The summed E-state index contributed by atoms with van der Waals surface area (Å²) in [5.74, 6) is 0. The van der Waals surface area contributed by atoms with Crippen LogP contribution in [0.15, 0.2) is 0 Å². The topological polar surface area (TPSA) is 29.3 Å². The van der Waals surface area contributed by atoms with Crippen LogP contribution in [-0.2, 0) is 0 Å². The molecule has 1 heterocycles. The number of nitrogens with two attached hydrogens (primary N) is 1. The molecule has 2 nitrogen and oxygen atoms in total. The quantitative estimate of drug-likeness (QED) is 0.682. The van der Waals surface area contributed by atoms with Gasteiger partial charge in [-0.2, -0.15) is 0 Å². The maximum atomic E-state index is 5.65. The van der Waals surface area contributed by atoms with Gasteiger partial charge in [-0.05, 0) is 38.1 Å². The van der Waals surface area contributed by atoms with Gasteiger partial charge >= 0.3 is 0 Å². The maximum Gasteiger partial charge on any atom is 0.0899 e. The molecule has 3 heteroatoms. The maximum absolute atomic E-state index is 5.65. The van der Waals surface area contributed by atoms with Gasteiger partial charge < -0.3 is 5.73 Å². The summed E-state index contributed by atoms with van der Waals surface area (Å²) in [6.07, 6.45) is 5.64. The Hall–Kier alpha value is -0.150. The van der Waals surface area contributed by atoms with Crippen molar-refractivity contribution in [3.8, 4) is 0 Å². The molecule has 1 aliphatic heterocycles. The minimum atomic E-state index is 0.301. The molecule has 0 aromatic heterocycles. The van der Waals surface area contributed by atoms with Crippen molar-refractivity contribution >= 4 is 17.2 Å². The smallest absolute Gasteiger partial charge is 0.0899 e. The molecule has 1 saturated heterocycles. The molecule has 0 amide bonds. The zero-order valence-electron chi connectivity index (χ0n) is 8.25. The first-order chi connectivity index (χ1) is 6.13. The van der Waals surface area contributed by atoms with Gasteiger partial charge in [-0.1, -0.05) is 18.6 Å². The van der Waals surface area contributed by atoms with Crippen LogP contribution in [0, 0.1) is 5.41 Å². The van der Waals surface area contributed by atoms with Gasteiger partial charge in [-0.3, -0.25) is 4.90 Å². The van der Waals surface area contributed by atoms with Gasteiger partial charge in [-0.25, -0.2) is 0 Å². The van der Waals surface area contributed by atoms with E-state index in [-0.39, 0.29) is 0 Å². The zero-order chi connectivity index (χ0) is 9.47. The lowest BCUT2D eigenvalue weighted by atomic mass is 9.68. The van der Waals surface area contributed by atoms with Gasteiger partial charge in [0.15, 0.2) is 0 Å². The fraction of sp³-hybridized carbons (Fsp3) is 0.900. The van der Waals surface area contributed by atoms with Gasteiger partial charge in [0.05, 0.1) is 11.0 Å². The highest BCUT2D eigenvalue weighted by Gasteiger charge is 2.43. The number of hydrogen-bond donors (Lipinski definition) is 1. The molecule has 2 rings (SSSR count). The molecule has 2 N–H and O–H groups in total. The molecule has 1 atom stereocenters. The van der Waals surface area contributed by atoms with E-state index in [9.17, 15) is 0 Å². The highest BCUT2D eigenvalue weighted by molar-refractivity contribution is 7.80. The molecule has 0 aromatic rings. The Balaban J connectivity index is 1.94. The van der Waals surface area contributed by atoms with Crippen molar-refractivity contribution in [1.82, 2.24) is 4.90 Å². The Morgan fingerprint density at radius 3 is 2.54 bits per heavy atom. The first-order valence-electron chi connectivity index (χ1n) is 5.16. The molecule has 1 unspecified atom stereocenters. The Kier molecular flexibility index (Phi) is 2.32. The molecule has 2 aliphatic rings. The summed E-state index contributed by atoms with van der Waals surface area (Å²) < 4.78 is 0. The van der Waals surface area contributed by atoms with Crippen LogP contribution in [0.3, 0.4) is 0 Å². The normalized spacial score (nSPS) is 28.7. The Morgan fingerprint density at radius 2 is 2.15 bits per heavy atom. The van der Waals surface area contributed by atoms with Crippen molar-refractivity contribution in [3.05, 3.63) is 0 Å². The SMILES string of the molecule is CC(C(N)=S)N1CCC2(CCC2)C1. The Morgan fingerprint density at radius 1 is 1.46 bits per heavy atom. The van der Waals surface area contributed by atoms with Crippen LogP contribution in [0.2, 0.25) is 0 Å². The van der Waals surface area contributed by atoms with E-state index in [0.29, 0.717) is 16.4 Å². The fourth-order valence-corrected chi connectivity index (χ4v) is 2.71. The third-order valence-corrected chi connectivity index (χ3v) is 4.18. The minimum absolute atomic E-state index is 0.301. The van der Waals surface area contributed by atoms with Crippen LogP contribution < -0.4 is 5.73 Å². The second-order valence-electron chi connectivity index (χ2n) is 4.65. The molecular formula is C10H18N2S. The number of nitrogens with zero attached hydrogens (tertiary/aromatic N) is 1. The average Bonchev–Trinajstić information content (AvgIpc) is 2.45. The summed E-state index contributed by atoms with van der Waals surface area (Å²) in [4.78, 5) is 3.10. The van der Waals surface area contributed by atoms with Crippen molar-refractivity contribution in [2.75, 3.05) is 13.1 Å². The molecular weight excluding hydrogens is 180 g/mol. The predicted molar refractivity (Wildman–Crippen MR) is 58.7 cm³/mol. The standard InChI is InChI=1S/C10H18N2S/c1-8(9(11)13)12-6-5-10(7-12)3-2-4-10/h8H,2-7H2,1H3,(H2,11,13). The third kappa shape index (κ3) is 1.59. The van der Waals surface area contributed by atoms with Gasteiger partial charge in [0.2, 0.25) is 0 Å². The lowest BCUT2D eigenvalue weighted by Crippen LogP contribution is -2.42. The van der Waals surface area contributed by atoms with Gasteiger partial charge in [-0.15, -0.1) is 0 Å². The Bertz CT molecular complexity index is 223. The van der Waals surface area contributed by atoms with E-state index in [1.807, 2.05) is 0 Å². The monoisotopic (exact) mass is 198 g/mol. The highest BCUT2D eigenvalue weighted by atomic mass is 32.1. The summed E-state index contributed by atoms with van der Waals surface area (Å²) in [6.45, 7) is 4.55. The first kappa shape index (κ1) is 9.41. The molecule has 2 fully saturated rings. The molecule has 0 bridgehead atoms. The van der Waals surface area contributed by atoms with Gasteiger partial charge in [0, 0.05) is 6.54 Å². The fourth-order valence-electron chi connectivity index (χ4n) is 2.57. The van der Waals surface area contributed by atoms with Crippen LogP contribution in [0.25, 0.3) is 0 Å². The Labute approximate surface area is 85.5 Å². The van der Waals surface area contributed by atoms with Crippen LogP contribution >= 0.6 is 12.2 Å². The molecule has 1 spiro atoms. The van der Waals surface area contributed by atoms with E-state index in [2.05, 4.69) is 11.8 Å². The number of thiocarbonyl (C=S) groups is 1. The minimum Gasteiger partial charge on any atom is -0.392 e. The van der Waals surface area contributed by atoms with Crippen molar-refractivity contribution in [2.24, 2.45) is 11.1 Å². The molecule has 1 aliphatic carbocycles. The summed E-state index contributed by atoms with van der Waals surface area (Å²) >= 11 is 5.02. The van der Waals surface area contributed by atoms with Crippen LogP contribution in [0.1, 0.15) is 32.6 Å². The lowest BCUT2D eigenvalue weighted by molar-refractivity contribution is 0.136. The van der Waals surface area contributed by atoms with Crippen molar-refractivity contribution in [2.45, 2.75) is 38.6 Å². The van der Waals surface area contributed by atoms with E-state index in [1.54, 1.807) is 0 Å². The van der Waals surface area contributed by atoms with Gasteiger partial charge in [0.1, 0.15) is 0 Å². The molecule has 0 aromatic carbocycles. The predicted octanol–water partition coefficient (Wildman–Crippen LogP) is 1.54. The van der Waals surface area contributed by atoms with E-state index in [4.69, 9.17) is 18.0 Å². The second kappa shape index (κ2) is 3.21. The zero-order valence-corrected chi connectivity index (χ0v) is 9.07. The first-order valence-corrected chi connectivity index (χ1v) is 5.57. The van der Waals surface area contributed by atoms with E-state index < -0.39 is 0 Å².